The van der Waals surface area contributed by atoms with Crippen LogP contribution in [-0.4, -0.2) is 25.0 Å². The number of alkyl halides is 2. The number of carbonyl (C=O) groups excluding carboxylic acids is 2. The predicted octanol–water partition coefficient (Wildman–Crippen LogP) is 4.72. The second-order valence-corrected chi connectivity index (χ2v) is 6.49. The summed E-state index contributed by atoms with van der Waals surface area (Å²) < 4.78 is 28.7. The number of nitrogens with zero attached hydrogens (tertiary/aromatic N) is 1. The van der Waals surface area contributed by atoms with Crippen molar-refractivity contribution in [3.8, 4) is 5.75 Å². The van der Waals surface area contributed by atoms with Gasteiger partial charge in [0.15, 0.2) is 0 Å². The topological polar surface area (TPSA) is 58.6 Å². The molecule has 1 fully saturated rings. The molecule has 1 aliphatic rings. The minimum atomic E-state index is -2.98. The summed E-state index contributed by atoms with van der Waals surface area (Å²) in [5.41, 5.74) is 1.98. The Bertz CT molecular complexity index is 901. The smallest absolute Gasteiger partial charge is 0.387 e. The molecule has 0 aromatic heterocycles. The molecule has 0 bridgehead atoms. The summed E-state index contributed by atoms with van der Waals surface area (Å²) in [6.45, 7) is -2.25. The third kappa shape index (κ3) is 5.07. The van der Waals surface area contributed by atoms with Gasteiger partial charge < -0.3 is 15.0 Å². The number of amides is 2. The van der Waals surface area contributed by atoms with Gasteiger partial charge >= 0.3 is 6.61 Å². The maximum absolute atomic E-state index is 12.2. The van der Waals surface area contributed by atoms with Crippen molar-refractivity contribution >= 4 is 40.9 Å². The van der Waals surface area contributed by atoms with E-state index in [2.05, 4.69) is 10.1 Å². The number of nitrogens with one attached hydrogen (secondary N) is 1. The van der Waals surface area contributed by atoms with Crippen molar-refractivity contribution in [1.82, 2.24) is 0 Å². The van der Waals surface area contributed by atoms with Gasteiger partial charge in [-0.15, -0.1) is 0 Å². The molecule has 0 spiro atoms. The Morgan fingerprint density at radius 1 is 1.21 bits per heavy atom. The lowest BCUT2D eigenvalue weighted by molar-refractivity contribution is -0.117. The average Bonchev–Trinajstić information content (AvgIpc) is 3.08. The van der Waals surface area contributed by atoms with Crippen LogP contribution in [0.4, 0.5) is 20.2 Å². The first-order valence-electron chi connectivity index (χ1n) is 8.56. The molecular weight excluding hydrogens is 390 g/mol. The minimum Gasteiger partial charge on any atom is -0.433 e. The molecule has 28 heavy (non-hydrogen) atoms. The fourth-order valence-electron chi connectivity index (χ4n) is 2.81. The number of anilines is 2. The molecule has 1 heterocycles. The molecule has 1 saturated heterocycles. The van der Waals surface area contributed by atoms with E-state index in [0.29, 0.717) is 12.1 Å². The molecule has 0 saturated carbocycles. The monoisotopic (exact) mass is 406 g/mol. The lowest BCUT2D eigenvalue weighted by atomic mass is 10.2. The average molecular weight is 407 g/mol. The highest BCUT2D eigenvalue weighted by atomic mass is 35.5. The molecule has 8 heteroatoms. The van der Waals surface area contributed by atoms with Crippen molar-refractivity contribution in [2.45, 2.75) is 19.5 Å². The third-order valence-electron chi connectivity index (χ3n) is 4.12. The quantitative estimate of drug-likeness (QED) is 0.706. The summed E-state index contributed by atoms with van der Waals surface area (Å²) in [7, 11) is 0. The van der Waals surface area contributed by atoms with Crippen molar-refractivity contribution in [2.24, 2.45) is 0 Å². The van der Waals surface area contributed by atoms with Gasteiger partial charge in [0.1, 0.15) is 5.75 Å². The fraction of sp³-hybridized carbons (Fsp3) is 0.200. The van der Waals surface area contributed by atoms with Crippen molar-refractivity contribution < 1.29 is 23.1 Å². The predicted molar refractivity (Wildman–Crippen MR) is 104 cm³/mol. The summed E-state index contributed by atoms with van der Waals surface area (Å²) in [6, 6.07) is 11.3. The van der Waals surface area contributed by atoms with Crippen LogP contribution in [0.25, 0.3) is 6.08 Å². The summed E-state index contributed by atoms with van der Waals surface area (Å²) in [6.07, 6.45) is 4.40. The number of hydrogen-bond donors (Lipinski definition) is 1. The van der Waals surface area contributed by atoms with Gasteiger partial charge in [-0.1, -0.05) is 23.7 Å². The van der Waals surface area contributed by atoms with E-state index in [4.69, 9.17) is 11.6 Å². The second-order valence-electron chi connectivity index (χ2n) is 6.09. The van der Waals surface area contributed by atoms with Crippen molar-refractivity contribution in [2.75, 3.05) is 16.8 Å². The first-order chi connectivity index (χ1) is 13.4. The SMILES string of the molecule is O=C(/C=C/c1ccc(N2CCCC2=O)cc1)Nc1ccc(OC(F)F)c(Cl)c1. The van der Waals surface area contributed by atoms with Gasteiger partial charge in [-0.05, 0) is 48.4 Å². The second kappa shape index (κ2) is 8.84. The van der Waals surface area contributed by atoms with Crippen LogP contribution in [0.2, 0.25) is 5.02 Å². The highest BCUT2D eigenvalue weighted by molar-refractivity contribution is 6.32. The van der Waals surface area contributed by atoms with Gasteiger partial charge in [0, 0.05) is 30.4 Å². The first-order valence-corrected chi connectivity index (χ1v) is 8.94. The molecule has 0 aliphatic carbocycles. The number of benzene rings is 2. The van der Waals surface area contributed by atoms with E-state index >= 15 is 0 Å². The van der Waals surface area contributed by atoms with E-state index in [1.165, 1.54) is 24.3 Å². The first kappa shape index (κ1) is 19.8. The molecule has 2 aromatic rings. The van der Waals surface area contributed by atoms with Crippen molar-refractivity contribution in [3.63, 3.8) is 0 Å². The molecule has 146 valence electrons. The molecule has 5 nitrogen and oxygen atoms in total. The molecule has 0 unspecified atom stereocenters. The molecule has 2 amide bonds. The molecule has 0 atom stereocenters. The van der Waals surface area contributed by atoms with E-state index in [1.807, 2.05) is 24.3 Å². The molecule has 3 rings (SSSR count). The van der Waals surface area contributed by atoms with E-state index < -0.39 is 12.5 Å². The van der Waals surface area contributed by atoms with Crippen LogP contribution in [0, 0.1) is 0 Å². The molecular formula is C20H17ClF2N2O3. The number of rotatable bonds is 6. The number of ether oxygens (including phenoxy) is 1. The van der Waals surface area contributed by atoms with E-state index in [-0.39, 0.29) is 16.7 Å². The summed E-state index contributed by atoms with van der Waals surface area (Å²) in [4.78, 5) is 25.5. The number of carbonyl (C=O) groups is 2. The zero-order valence-electron chi connectivity index (χ0n) is 14.7. The van der Waals surface area contributed by atoms with Gasteiger partial charge in [0.25, 0.3) is 0 Å². The van der Waals surface area contributed by atoms with Gasteiger partial charge in [-0.25, -0.2) is 0 Å². The third-order valence-corrected chi connectivity index (χ3v) is 4.42. The highest BCUT2D eigenvalue weighted by Gasteiger charge is 2.21. The van der Waals surface area contributed by atoms with Crippen molar-refractivity contribution in [3.05, 3.63) is 59.1 Å². The van der Waals surface area contributed by atoms with Gasteiger partial charge in [0.05, 0.1) is 5.02 Å². The zero-order valence-corrected chi connectivity index (χ0v) is 15.5. The fourth-order valence-corrected chi connectivity index (χ4v) is 3.04. The number of hydrogen-bond acceptors (Lipinski definition) is 3. The Balaban J connectivity index is 1.59. The van der Waals surface area contributed by atoms with Crippen LogP contribution in [0.15, 0.2) is 48.5 Å². The van der Waals surface area contributed by atoms with Crippen LogP contribution in [0.5, 0.6) is 5.75 Å². The summed E-state index contributed by atoms with van der Waals surface area (Å²) in [5, 5.41) is 2.56. The largest absolute Gasteiger partial charge is 0.433 e. The lowest BCUT2D eigenvalue weighted by Crippen LogP contribution is -2.23. The Kier molecular flexibility index (Phi) is 6.26. The Labute approximate surface area is 165 Å². The lowest BCUT2D eigenvalue weighted by Gasteiger charge is -2.15. The summed E-state index contributed by atoms with van der Waals surface area (Å²) in [5.74, 6) is -0.453. The maximum Gasteiger partial charge on any atom is 0.387 e. The Hall–Kier alpha value is -2.93. The van der Waals surface area contributed by atoms with Crippen LogP contribution < -0.4 is 15.0 Å². The zero-order chi connectivity index (χ0) is 20.1. The maximum atomic E-state index is 12.2. The molecule has 1 N–H and O–H groups in total. The Morgan fingerprint density at radius 3 is 2.57 bits per heavy atom. The standard InChI is InChI=1S/C20H17ClF2N2O3/c21-16-12-14(6-9-17(16)28-20(22)23)24-18(26)10-5-13-3-7-15(8-4-13)25-11-1-2-19(25)27/h3-10,12,20H,1-2,11H2,(H,24,26)/b10-5+. The highest BCUT2D eigenvalue weighted by Crippen LogP contribution is 2.29. The molecule has 2 aromatic carbocycles. The number of halogens is 3. The van der Waals surface area contributed by atoms with Crippen LogP contribution in [0.3, 0.4) is 0 Å². The van der Waals surface area contributed by atoms with Gasteiger partial charge in [-0.2, -0.15) is 8.78 Å². The van der Waals surface area contributed by atoms with Crippen molar-refractivity contribution in [1.29, 1.82) is 0 Å². The van der Waals surface area contributed by atoms with Gasteiger partial charge in [-0.3, -0.25) is 9.59 Å². The van der Waals surface area contributed by atoms with Crippen LogP contribution in [0.1, 0.15) is 18.4 Å². The Morgan fingerprint density at radius 2 is 1.96 bits per heavy atom. The van der Waals surface area contributed by atoms with Crippen LogP contribution >= 0.6 is 11.6 Å². The molecule has 0 radical (unpaired) electrons. The van der Waals surface area contributed by atoms with Crippen LogP contribution in [-0.2, 0) is 9.59 Å². The van der Waals surface area contributed by atoms with Gasteiger partial charge in [0.2, 0.25) is 11.8 Å². The summed E-state index contributed by atoms with van der Waals surface area (Å²) >= 11 is 5.85. The minimum absolute atomic E-state index is 0.0332. The van der Waals surface area contributed by atoms with E-state index in [1.54, 1.807) is 11.0 Å². The normalized spacial score (nSPS) is 14.1. The van der Waals surface area contributed by atoms with E-state index in [0.717, 1.165) is 24.2 Å². The van der Waals surface area contributed by atoms with E-state index in [9.17, 15) is 18.4 Å². The molecule has 1 aliphatic heterocycles.